The smallest absolute Gasteiger partial charge is 0.324 e. The first-order chi connectivity index (χ1) is 12.0. The molecular weight excluding hydrogens is 360 g/mol. The highest BCUT2D eigenvalue weighted by molar-refractivity contribution is 7.16. The fourth-order valence-corrected chi connectivity index (χ4v) is 2.70. The molecule has 1 aliphatic heterocycles. The number of H-pyrrole nitrogens is 1. The number of aliphatic hydroxyl groups excluding tert-OH is 2. The van der Waals surface area contributed by atoms with E-state index in [1.54, 1.807) is 0 Å². The number of imidazole rings is 2. The molecule has 0 aliphatic carbocycles. The maximum absolute atomic E-state index is 13.8. The highest BCUT2D eigenvalue weighted by atomic mass is 31.1. The molecule has 25 heavy (non-hydrogen) atoms. The quantitative estimate of drug-likeness (QED) is 0.433. The van der Waals surface area contributed by atoms with Gasteiger partial charge in [-0.1, -0.05) is 0 Å². The summed E-state index contributed by atoms with van der Waals surface area (Å²) in [5.74, 6) is 0.294. The fraction of sp³-hybridized carbons (Fsp3) is 0.417. The van der Waals surface area contributed by atoms with Crippen molar-refractivity contribution in [1.82, 2.24) is 23.9 Å². The molecule has 3 aromatic rings. The van der Waals surface area contributed by atoms with Crippen LogP contribution in [0.25, 0.3) is 16.9 Å². The Morgan fingerprint density at radius 3 is 2.84 bits per heavy atom. The van der Waals surface area contributed by atoms with Crippen molar-refractivity contribution in [2.24, 2.45) is 0 Å². The first kappa shape index (κ1) is 17.6. The van der Waals surface area contributed by atoms with E-state index >= 15 is 0 Å². The Bertz CT molecular complexity index is 963. The van der Waals surface area contributed by atoms with Crippen molar-refractivity contribution < 1.29 is 30.2 Å². The standard InChI is InChI=1S/C12H12FN5O4.HO2P.H2/c13-6-5(3-19)22-11(8(6)20)18-4-15-7-9(18)16-12-14-1-2-17(12)10(7)21;1-3-2;/h1-2,4-6,8,11,19-20H,3H2,(H,14,16);(H,1,2);1H/t5-,6-,8-,11-;;/m1../s1. The predicted octanol–water partition coefficient (Wildman–Crippen LogP) is -0.608. The van der Waals surface area contributed by atoms with Gasteiger partial charge in [-0.25, -0.2) is 23.3 Å². The molecule has 4 atom stereocenters. The summed E-state index contributed by atoms with van der Waals surface area (Å²) in [4.78, 5) is 30.1. The number of halogens is 1. The van der Waals surface area contributed by atoms with E-state index in [0.29, 0.717) is 5.78 Å². The molecule has 13 heteroatoms. The molecule has 11 nitrogen and oxygen atoms in total. The monoisotopic (exact) mass is 375 g/mol. The van der Waals surface area contributed by atoms with Crippen LogP contribution < -0.4 is 5.56 Å². The number of nitrogens with one attached hydrogen (secondary N) is 1. The van der Waals surface area contributed by atoms with E-state index in [2.05, 4.69) is 15.0 Å². The molecule has 1 saturated heterocycles. The number of aromatic nitrogens is 5. The highest BCUT2D eigenvalue weighted by Crippen LogP contribution is 2.32. The summed E-state index contributed by atoms with van der Waals surface area (Å²) in [6, 6.07) is 0. The van der Waals surface area contributed by atoms with Crippen molar-refractivity contribution in [3.8, 4) is 0 Å². The van der Waals surface area contributed by atoms with Gasteiger partial charge in [-0.05, 0) is 0 Å². The lowest BCUT2D eigenvalue weighted by atomic mass is 10.1. The van der Waals surface area contributed by atoms with Gasteiger partial charge in [-0.3, -0.25) is 9.36 Å². The fourth-order valence-electron chi connectivity index (χ4n) is 2.70. The normalized spacial score (nSPS) is 26.2. The van der Waals surface area contributed by atoms with E-state index in [1.807, 2.05) is 0 Å². The van der Waals surface area contributed by atoms with E-state index in [9.17, 15) is 14.3 Å². The minimum absolute atomic E-state index is 0. The predicted molar refractivity (Wildman–Crippen MR) is 82.9 cm³/mol. The van der Waals surface area contributed by atoms with Crippen molar-refractivity contribution in [1.29, 1.82) is 0 Å². The molecule has 0 unspecified atom stereocenters. The Morgan fingerprint density at radius 2 is 2.20 bits per heavy atom. The van der Waals surface area contributed by atoms with Crippen LogP contribution in [0.4, 0.5) is 4.39 Å². The van der Waals surface area contributed by atoms with Gasteiger partial charge in [-0.15, -0.1) is 0 Å². The van der Waals surface area contributed by atoms with Crippen molar-refractivity contribution >= 4 is 25.6 Å². The molecule has 1 fully saturated rings. The third kappa shape index (κ3) is 2.83. The summed E-state index contributed by atoms with van der Waals surface area (Å²) in [5, 5.41) is 19.0. The van der Waals surface area contributed by atoms with Crippen LogP contribution in [0.3, 0.4) is 0 Å². The van der Waals surface area contributed by atoms with Crippen LogP contribution in [-0.4, -0.2) is 64.0 Å². The summed E-state index contributed by atoms with van der Waals surface area (Å²) in [6.45, 7) is -0.553. The molecule has 0 spiro atoms. The van der Waals surface area contributed by atoms with Gasteiger partial charge in [0.25, 0.3) is 5.56 Å². The molecule has 3 aromatic heterocycles. The van der Waals surface area contributed by atoms with Gasteiger partial charge < -0.3 is 24.8 Å². The maximum Gasteiger partial charge on any atom is 0.324 e. The van der Waals surface area contributed by atoms with Gasteiger partial charge in [0.1, 0.15) is 17.9 Å². The number of alkyl halides is 1. The minimum Gasteiger partial charge on any atom is -0.394 e. The molecule has 136 valence electrons. The van der Waals surface area contributed by atoms with Crippen molar-refractivity contribution in [3.63, 3.8) is 0 Å². The first-order valence-corrected chi connectivity index (χ1v) is 7.77. The van der Waals surface area contributed by atoms with Gasteiger partial charge in [0.15, 0.2) is 17.9 Å². The summed E-state index contributed by atoms with van der Waals surface area (Å²) >= 11 is 0. The van der Waals surface area contributed by atoms with E-state index in [0.717, 1.165) is 0 Å². The third-order valence-corrected chi connectivity index (χ3v) is 3.83. The second kappa shape index (κ2) is 6.94. The molecule has 1 aliphatic rings. The van der Waals surface area contributed by atoms with E-state index < -0.39 is 39.9 Å². The first-order valence-electron chi connectivity index (χ1n) is 7.00. The van der Waals surface area contributed by atoms with E-state index in [1.165, 1.54) is 27.7 Å². The largest absolute Gasteiger partial charge is 0.394 e. The third-order valence-electron chi connectivity index (χ3n) is 3.83. The Kier molecular flexibility index (Phi) is 4.88. The molecule has 0 aromatic carbocycles. The lowest BCUT2D eigenvalue weighted by Gasteiger charge is -2.16. The lowest BCUT2D eigenvalue weighted by Crippen LogP contribution is -2.29. The van der Waals surface area contributed by atoms with Gasteiger partial charge in [-0.2, -0.15) is 0 Å². The number of aliphatic hydroxyl groups is 2. The van der Waals surface area contributed by atoms with Gasteiger partial charge >= 0.3 is 8.69 Å². The summed E-state index contributed by atoms with van der Waals surface area (Å²) < 4.78 is 30.3. The molecule has 0 amide bonds. The SMILES string of the molecule is O=PO.O=c1c2ncn([C@@H]3O[C@H](CO)[C@@H](F)[C@H]3O)c2[nH]c2nccn12.[HH]. The lowest BCUT2D eigenvalue weighted by molar-refractivity contribution is -0.0495. The van der Waals surface area contributed by atoms with Gasteiger partial charge in [0, 0.05) is 13.8 Å². The number of aromatic amines is 1. The van der Waals surface area contributed by atoms with E-state index in [4.69, 9.17) is 19.3 Å². The van der Waals surface area contributed by atoms with Gasteiger partial charge in [0.2, 0.25) is 5.78 Å². The van der Waals surface area contributed by atoms with Crippen LogP contribution in [-0.2, 0) is 9.30 Å². The van der Waals surface area contributed by atoms with Crippen LogP contribution in [0.15, 0.2) is 23.5 Å². The molecule has 0 radical (unpaired) electrons. The summed E-state index contributed by atoms with van der Waals surface area (Å²) in [6.07, 6.45) is -1.20. The number of hydrogen-bond donors (Lipinski definition) is 4. The zero-order valence-electron chi connectivity index (χ0n) is 12.4. The highest BCUT2D eigenvalue weighted by Gasteiger charge is 2.45. The Labute approximate surface area is 141 Å². The molecule has 0 saturated carbocycles. The Morgan fingerprint density at radius 1 is 1.48 bits per heavy atom. The van der Waals surface area contributed by atoms with Crippen molar-refractivity contribution in [2.45, 2.75) is 24.6 Å². The minimum atomic E-state index is -1.73. The average Bonchev–Trinajstić information content (AvgIpc) is 3.29. The Hall–Kier alpha value is -2.24. The van der Waals surface area contributed by atoms with Crippen LogP contribution in [0.2, 0.25) is 0 Å². The molecule has 0 bridgehead atoms. The Balaban J connectivity index is 0.000000570. The summed E-state index contributed by atoms with van der Waals surface area (Å²) in [7, 11) is -0.833. The number of fused-ring (bicyclic) bond motifs is 2. The zero-order valence-corrected chi connectivity index (χ0v) is 13.3. The van der Waals surface area contributed by atoms with Crippen LogP contribution in [0, 0.1) is 0 Å². The average molecular weight is 375 g/mol. The van der Waals surface area contributed by atoms with Crippen molar-refractivity contribution in [2.75, 3.05) is 6.61 Å². The molecule has 4 heterocycles. The molecule has 4 N–H and O–H groups in total. The maximum atomic E-state index is 13.8. The number of rotatable bonds is 2. The van der Waals surface area contributed by atoms with E-state index in [-0.39, 0.29) is 18.1 Å². The topological polar surface area (TPSA) is 155 Å². The number of ether oxygens (including phenoxy) is 1. The second-order valence-electron chi connectivity index (χ2n) is 5.16. The molecule has 4 rings (SSSR count). The molecular formula is C12H15FN5O6P. The zero-order chi connectivity index (χ0) is 18.1. The second-order valence-corrected chi connectivity index (χ2v) is 5.33. The van der Waals surface area contributed by atoms with Crippen LogP contribution in [0.1, 0.15) is 7.65 Å². The van der Waals surface area contributed by atoms with Crippen LogP contribution >= 0.6 is 8.69 Å². The van der Waals surface area contributed by atoms with Gasteiger partial charge in [0.05, 0.1) is 12.9 Å². The number of hydrogen-bond acceptors (Lipinski definition) is 7. The van der Waals surface area contributed by atoms with Crippen molar-refractivity contribution in [3.05, 3.63) is 29.1 Å². The summed E-state index contributed by atoms with van der Waals surface area (Å²) in [5.41, 5.74) is -0.00862. The number of nitrogens with zero attached hydrogens (tertiary/aromatic N) is 4. The van der Waals surface area contributed by atoms with Crippen LogP contribution in [0.5, 0.6) is 0 Å².